The number of hydrogen-bond donors (Lipinski definition) is 2. The highest BCUT2D eigenvalue weighted by atomic mass is 16.5. The maximum atomic E-state index is 11.5. The number of aliphatic carboxylic acids is 1. The van der Waals surface area contributed by atoms with E-state index in [-0.39, 0.29) is 5.92 Å². The smallest absolute Gasteiger partial charge is 0.311 e. The molecule has 0 radical (unpaired) electrons. The van der Waals surface area contributed by atoms with E-state index in [1.54, 1.807) is 7.11 Å². The predicted molar refractivity (Wildman–Crippen MR) is 103 cm³/mol. The van der Waals surface area contributed by atoms with Crippen molar-refractivity contribution in [1.29, 1.82) is 0 Å². The molecule has 3 rings (SSSR count). The predicted octanol–water partition coefficient (Wildman–Crippen LogP) is 3.34. The molecule has 1 aliphatic carbocycles. The summed E-state index contributed by atoms with van der Waals surface area (Å²) in [6, 6.07) is 13.3. The maximum absolute atomic E-state index is 11.5. The second-order valence-corrected chi connectivity index (χ2v) is 6.75. The van der Waals surface area contributed by atoms with Gasteiger partial charge in [0, 0.05) is 25.8 Å². The van der Waals surface area contributed by atoms with E-state index < -0.39 is 11.9 Å². The van der Waals surface area contributed by atoms with E-state index in [1.807, 2.05) is 42.5 Å². The summed E-state index contributed by atoms with van der Waals surface area (Å²) in [7, 11) is 1.67. The monoisotopic (exact) mass is 370 g/mol. The first-order valence-electron chi connectivity index (χ1n) is 9.31. The zero-order chi connectivity index (χ0) is 19.1. The van der Waals surface area contributed by atoms with E-state index in [1.165, 1.54) is 0 Å². The lowest BCUT2D eigenvalue weighted by molar-refractivity contribution is -0.139. The Morgan fingerprint density at radius 1 is 1.22 bits per heavy atom. The minimum absolute atomic E-state index is 0.283. The fourth-order valence-corrected chi connectivity index (χ4v) is 3.09. The van der Waals surface area contributed by atoms with Gasteiger partial charge in [0.1, 0.15) is 11.6 Å². The summed E-state index contributed by atoms with van der Waals surface area (Å²) in [5, 5.41) is 12.6. The lowest BCUT2D eigenvalue weighted by Gasteiger charge is -2.13. The van der Waals surface area contributed by atoms with Gasteiger partial charge < -0.3 is 19.9 Å². The molecule has 0 amide bonds. The Morgan fingerprint density at radius 2 is 2.00 bits per heavy atom. The van der Waals surface area contributed by atoms with Gasteiger partial charge >= 0.3 is 5.97 Å². The van der Waals surface area contributed by atoms with Crippen LogP contribution in [-0.2, 0) is 16.0 Å². The molecule has 1 heterocycles. The molecule has 144 valence electrons. The zero-order valence-electron chi connectivity index (χ0n) is 15.6. The molecule has 2 aromatic rings. The van der Waals surface area contributed by atoms with Crippen molar-refractivity contribution in [2.24, 2.45) is 5.92 Å². The van der Waals surface area contributed by atoms with Crippen LogP contribution in [-0.4, -0.2) is 42.9 Å². The molecule has 0 bridgehead atoms. The number of carboxylic acid groups (broad SMARTS) is 1. The van der Waals surface area contributed by atoms with Crippen LogP contribution in [0.2, 0.25) is 0 Å². The number of anilines is 1. The second kappa shape index (κ2) is 9.37. The van der Waals surface area contributed by atoms with Gasteiger partial charge in [0.15, 0.2) is 0 Å². The number of methoxy groups -OCH3 is 1. The Morgan fingerprint density at radius 3 is 2.67 bits per heavy atom. The molecule has 6 heteroatoms. The lowest BCUT2D eigenvalue weighted by atomic mass is 9.94. The number of rotatable bonds is 11. The van der Waals surface area contributed by atoms with Crippen molar-refractivity contribution in [3.8, 4) is 5.75 Å². The van der Waals surface area contributed by atoms with Crippen molar-refractivity contribution in [3.05, 3.63) is 53.7 Å². The lowest BCUT2D eigenvalue weighted by Crippen LogP contribution is -2.13. The average Bonchev–Trinajstić information content (AvgIpc) is 3.48. The normalized spacial score (nSPS) is 14.6. The van der Waals surface area contributed by atoms with Gasteiger partial charge in [-0.3, -0.25) is 4.79 Å². The van der Waals surface area contributed by atoms with E-state index in [2.05, 4.69) is 10.3 Å². The molecule has 0 saturated heterocycles. The number of hydrogen-bond acceptors (Lipinski definition) is 5. The number of nitrogens with zero attached hydrogens (tertiary/aromatic N) is 1. The zero-order valence-corrected chi connectivity index (χ0v) is 15.6. The Hall–Kier alpha value is -2.60. The minimum Gasteiger partial charge on any atom is -0.493 e. The van der Waals surface area contributed by atoms with Crippen molar-refractivity contribution in [1.82, 2.24) is 4.98 Å². The number of benzene rings is 1. The number of carbonyl (C=O) groups is 1. The summed E-state index contributed by atoms with van der Waals surface area (Å²) in [5.41, 5.74) is 1.81. The van der Waals surface area contributed by atoms with Gasteiger partial charge in [-0.1, -0.05) is 18.2 Å². The topological polar surface area (TPSA) is 80.7 Å². The third-order valence-electron chi connectivity index (χ3n) is 4.64. The Balaban J connectivity index is 1.49. The van der Waals surface area contributed by atoms with Gasteiger partial charge in [-0.15, -0.1) is 0 Å². The van der Waals surface area contributed by atoms with Crippen LogP contribution in [0.4, 0.5) is 5.82 Å². The number of ether oxygens (including phenoxy) is 2. The third-order valence-corrected chi connectivity index (χ3v) is 4.64. The molecule has 1 saturated carbocycles. The number of carboxylic acids is 1. The van der Waals surface area contributed by atoms with Gasteiger partial charge in [0.2, 0.25) is 0 Å². The van der Waals surface area contributed by atoms with Crippen LogP contribution in [0.15, 0.2) is 42.5 Å². The quantitative estimate of drug-likeness (QED) is 0.591. The molecule has 6 nitrogen and oxygen atoms in total. The minimum atomic E-state index is -0.740. The number of aromatic nitrogens is 1. The highest BCUT2D eigenvalue weighted by Crippen LogP contribution is 2.43. The molecule has 1 aromatic carbocycles. The highest BCUT2D eigenvalue weighted by Gasteiger charge is 2.37. The first kappa shape index (κ1) is 19.2. The number of nitrogens with one attached hydrogen (secondary N) is 1. The van der Waals surface area contributed by atoms with Gasteiger partial charge in [-0.05, 0) is 48.6 Å². The molecule has 0 aliphatic heterocycles. The molecule has 1 aromatic heterocycles. The summed E-state index contributed by atoms with van der Waals surface area (Å²) in [5.74, 6) is 0.722. The van der Waals surface area contributed by atoms with Crippen LogP contribution in [0.25, 0.3) is 0 Å². The fraction of sp³-hybridized carbons (Fsp3) is 0.429. The summed E-state index contributed by atoms with van der Waals surface area (Å²) in [6.07, 6.45) is 2.70. The van der Waals surface area contributed by atoms with Gasteiger partial charge in [-0.25, -0.2) is 4.98 Å². The van der Waals surface area contributed by atoms with E-state index in [0.29, 0.717) is 26.2 Å². The molecule has 1 atom stereocenters. The number of pyridine rings is 1. The molecule has 27 heavy (non-hydrogen) atoms. The molecule has 2 N–H and O–H groups in total. The summed E-state index contributed by atoms with van der Waals surface area (Å²) >= 11 is 0. The second-order valence-electron chi connectivity index (χ2n) is 6.75. The van der Waals surface area contributed by atoms with Crippen molar-refractivity contribution in [2.75, 3.05) is 32.2 Å². The van der Waals surface area contributed by atoms with Crippen LogP contribution in [0.5, 0.6) is 5.75 Å². The van der Waals surface area contributed by atoms with Crippen molar-refractivity contribution >= 4 is 11.8 Å². The average molecular weight is 370 g/mol. The SMILES string of the molecule is COCCNc1cccc(CCOc2ccc(C(C(=O)O)C3CC3)cc2)n1. The van der Waals surface area contributed by atoms with E-state index >= 15 is 0 Å². The van der Waals surface area contributed by atoms with Crippen molar-refractivity contribution in [2.45, 2.75) is 25.2 Å². The maximum Gasteiger partial charge on any atom is 0.311 e. The van der Waals surface area contributed by atoms with Crippen molar-refractivity contribution in [3.63, 3.8) is 0 Å². The fourth-order valence-electron chi connectivity index (χ4n) is 3.09. The van der Waals surface area contributed by atoms with Gasteiger partial charge in [0.25, 0.3) is 0 Å². The molecular formula is C21H26N2O4. The Labute approximate surface area is 159 Å². The van der Waals surface area contributed by atoms with E-state index in [0.717, 1.165) is 35.7 Å². The van der Waals surface area contributed by atoms with Crippen LogP contribution in [0.3, 0.4) is 0 Å². The molecule has 1 fully saturated rings. The van der Waals surface area contributed by atoms with Crippen LogP contribution < -0.4 is 10.1 Å². The summed E-state index contributed by atoms with van der Waals surface area (Å²) in [6.45, 7) is 1.86. The van der Waals surface area contributed by atoms with Crippen LogP contribution >= 0.6 is 0 Å². The Bertz CT molecular complexity index is 744. The largest absolute Gasteiger partial charge is 0.493 e. The highest BCUT2D eigenvalue weighted by molar-refractivity contribution is 5.77. The first-order valence-corrected chi connectivity index (χ1v) is 9.31. The van der Waals surface area contributed by atoms with Gasteiger partial charge in [-0.2, -0.15) is 0 Å². The standard InChI is InChI=1S/C21H26N2O4/c1-26-14-12-22-19-4-2-3-17(23-19)11-13-27-18-9-7-16(8-10-18)20(21(24)25)15-5-6-15/h2-4,7-10,15,20H,5-6,11-14H2,1H3,(H,22,23)(H,24,25). The summed E-state index contributed by atoms with van der Waals surface area (Å²) in [4.78, 5) is 16.0. The summed E-state index contributed by atoms with van der Waals surface area (Å²) < 4.78 is 10.8. The third kappa shape index (κ3) is 5.69. The van der Waals surface area contributed by atoms with Gasteiger partial charge in [0.05, 0.1) is 19.1 Å². The molecule has 1 aliphatic rings. The van der Waals surface area contributed by atoms with Crippen LogP contribution in [0, 0.1) is 5.92 Å². The Kier molecular flexibility index (Phi) is 6.65. The van der Waals surface area contributed by atoms with E-state index in [9.17, 15) is 9.90 Å². The van der Waals surface area contributed by atoms with Crippen LogP contribution in [0.1, 0.15) is 30.0 Å². The molecule has 0 spiro atoms. The van der Waals surface area contributed by atoms with Crippen molar-refractivity contribution < 1.29 is 19.4 Å². The molecular weight excluding hydrogens is 344 g/mol. The van der Waals surface area contributed by atoms with E-state index in [4.69, 9.17) is 9.47 Å². The molecule has 1 unspecified atom stereocenters. The first-order chi connectivity index (χ1) is 13.2.